The van der Waals surface area contributed by atoms with Crippen LogP contribution in [0.4, 0.5) is 13.2 Å². The van der Waals surface area contributed by atoms with Crippen LogP contribution in [0.2, 0.25) is 5.02 Å². The Morgan fingerprint density at radius 1 is 1.03 bits per heavy atom. The van der Waals surface area contributed by atoms with E-state index < -0.39 is 29.5 Å². The Morgan fingerprint density at radius 2 is 1.81 bits per heavy atom. The maximum absolute atomic E-state index is 14.3. The molecule has 0 saturated carbocycles. The molecule has 0 spiro atoms. The summed E-state index contributed by atoms with van der Waals surface area (Å²) >= 11 is 6.23. The van der Waals surface area contributed by atoms with Crippen molar-refractivity contribution in [1.29, 1.82) is 0 Å². The van der Waals surface area contributed by atoms with E-state index in [1.165, 1.54) is 29.2 Å². The Balaban J connectivity index is 1.55. The summed E-state index contributed by atoms with van der Waals surface area (Å²) in [7, 11) is 0. The number of carbonyl (C=O) groups excluding carboxylic acids is 1. The number of rotatable bonds is 6. The first-order chi connectivity index (χ1) is 15.4. The zero-order valence-electron chi connectivity index (χ0n) is 16.8. The lowest BCUT2D eigenvalue weighted by Crippen LogP contribution is -2.37. The number of carbonyl (C=O) groups is 1. The van der Waals surface area contributed by atoms with Gasteiger partial charge < -0.3 is 9.74 Å². The van der Waals surface area contributed by atoms with E-state index in [0.717, 1.165) is 23.8 Å². The van der Waals surface area contributed by atoms with Gasteiger partial charge in [-0.15, -0.1) is 0 Å². The van der Waals surface area contributed by atoms with Crippen LogP contribution in [0.3, 0.4) is 0 Å². The summed E-state index contributed by atoms with van der Waals surface area (Å²) in [5.74, 6) is -2.57. The van der Waals surface area contributed by atoms with Gasteiger partial charge in [-0.3, -0.25) is 4.79 Å². The topological polar surface area (TPSA) is 41.9 Å². The first-order valence-corrected chi connectivity index (χ1v) is 10.2. The quantitative estimate of drug-likeness (QED) is 0.483. The molecule has 0 fully saturated rings. The lowest BCUT2D eigenvalue weighted by molar-refractivity contribution is 0.0402. The number of hydrogen-bond donors (Lipinski definition) is 0. The van der Waals surface area contributed by atoms with E-state index in [0.29, 0.717) is 17.2 Å². The summed E-state index contributed by atoms with van der Waals surface area (Å²) in [5, 5.41) is 4.62. The fraction of sp³-hybridized carbons (Fsp3) is 0.167. The molecule has 4 rings (SSSR count). The van der Waals surface area contributed by atoms with Gasteiger partial charge in [0.15, 0.2) is 6.10 Å². The number of oxime groups is 1. The third-order valence-electron chi connectivity index (χ3n) is 5.08. The second-order valence-electron chi connectivity index (χ2n) is 7.38. The number of hydrogen-bond acceptors (Lipinski definition) is 3. The average Bonchev–Trinajstić information content (AvgIpc) is 3.23. The molecule has 1 amide bonds. The van der Waals surface area contributed by atoms with Gasteiger partial charge in [0.2, 0.25) is 0 Å². The molecule has 0 aliphatic carbocycles. The van der Waals surface area contributed by atoms with Crippen LogP contribution in [0.25, 0.3) is 0 Å². The van der Waals surface area contributed by atoms with E-state index in [-0.39, 0.29) is 24.2 Å². The van der Waals surface area contributed by atoms with Crippen LogP contribution in [-0.4, -0.2) is 29.2 Å². The summed E-state index contributed by atoms with van der Waals surface area (Å²) in [6, 6.07) is 15.6. The molecule has 0 saturated heterocycles. The second-order valence-corrected chi connectivity index (χ2v) is 7.79. The Kier molecular flexibility index (Phi) is 6.46. The molecule has 164 valence electrons. The van der Waals surface area contributed by atoms with Gasteiger partial charge >= 0.3 is 0 Å². The molecule has 0 N–H and O–H groups in total. The third kappa shape index (κ3) is 4.94. The van der Waals surface area contributed by atoms with Crippen molar-refractivity contribution >= 4 is 23.2 Å². The normalized spacial score (nSPS) is 15.2. The molecule has 0 radical (unpaired) electrons. The van der Waals surface area contributed by atoms with Crippen molar-refractivity contribution in [3.63, 3.8) is 0 Å². The van der Waals surface area contributed by atoms with E-state index >= 15 is 0 Å². The summed E-state index contributed by atoms with van der Waals surface area (Å²) in [6.07, 6.45) is -0.134. The van der Waals surface area contributed by atoms with Crippen LogP contribution in [0, 0.1) is 17.5 Å². The Labute approximate surface area is 187 Å². The Bertz CT molecular complexity index is 1190. The highest BCUT2D eigenvalue weighted by Gasteiger charge is 2.28. The molecule has 1 atom stereocenters. The van der Waals surface area contributed by atoms with Crippen molar-refractivity contribution in [2.45, 2.75) is 19.1 Å². The molecule has 4 nitrogen and oxygen atoms in total. The average molecular weight is 459 g/mol. The van der Waals surface area contributed by atoms with Crippen LogP contribution < -0.4 is 0 Å². The van der Waals surface area contributed by atoms with Crippen molar-refractivity contribution in [1.82, 2.24) is 4.90 Å². The van der Waals surface area contributed by atoms with Crippen molar-refractivity contribution in [2.24, 2.45) is 5.16 Å². The molecule has 1 aliphatic heterocycles. The molecule has 3 aromatic rings. The maximum atomic E-state index is 14.3. The fourth-order valence-electron chi connectivity index (χ4n) is 3.51. The molecule has 0 aromatic heterocycles. The molecule has 1 heterocycles. The van der Waals surface area contributed by atoms with Crippen LogP contribution >= 0.6 is 11.6 Å². The van der Waals surface area contributed by atoms with Gasteiger partial charge in [-0.25, -0.2) is 13.2 Å². The second kappa shape index (κ2) is 9.44. The number of benzene rings is 3. The smallest absolute Gasteiger partial charge is 0.254 e. The number of amides is 1. The summed E-state index contributed by atoms with van der Waals surface area (Å²) in [5.41, 5.74) is 1.59. The third-order valence-corrected chi connectivity index (χ3v) is 5.41. The molecule has 8 heteroatoms. The zero-order chi connectivity index (χ0) is 22.7. The van der Waals surface area contributed by atoms with E-state index in [1.807, 2.05) is 12.1 Å². The largest absolute Gasteiger partial charge is 0.390 e. The van der Waals surface area contributed by atoms with Gasteiger partial charge in [0.1, 0.15) is 17.5 Å². The van der Waals surface area contributed by atoms with Gasteiger partial charge in [-0.1, -0.05) is 47.1 Å². The Hall–Kier alpha value is -3.32. The van der Waals surface area contributed by atoms with Crippen molar-refractivity contribution in [2.75, 3.05) is 6.54 Å². The first kappa shape index (κ1) is 21.9. The van der Waals surface area contributed by atoms with Gasteiger partial charge in [-0.2, -0.15) is 0 Å². The standard InChI is InChI=1S/C24H18ClF3N2O2/c25-21-7-2-1-6-20(21)23-12-19(32-29-23)14-30(13-16-8-9-18(27)11-22(16)28)24(31)15-4-3-5-17(26)10-15/h1-11,19H,12-14H2. The van der Waals surface area contributed by atoms with E-state index in [1.54, 1.807) is 12.1 Å². The summed E-state index contributed by atoms with van der Waals surface area (Å²) < 4.78 is 41.3. The summed E-state index contributed by atoms with van der Waals surface area (Å²) in [6.45, 7) is -0.0909. The van der Waals surface area contributed by atoms with Gasteiger partial charge in [0.05, 0.1) is 12.3 Å². The first-order valence-electron chi connectivity index (χ1n) is 9.87. The number of halogens is 4. The maximum Gasteiger partial charge on any atom is 0.254 e. The van der Waals surface area contributed by atoms with Gasteiger partial charge in [0.25, 0.3) is 5.91 Å². The van der Waals surface area contributed by atoms with Crippen LogP contribution in [-0.2, 0) is 11.4 Å². The Morgan fingerprint density at radius 3 is 2.56 bits per heavy atom. The lowest BCUT2D eigenvalue weighted by atomic mass is 10.0. The molecule has 3 aromatic carbocycles. The van der Waals surface area contributed by atoms with Crippen LogP contribution in [0.1, 0.15) is 27.9 Å². The van der Waals surface area contributed by atoms with Crippen LogP contribution in [0.15, 0.2) is 71.9 Å². The van der Waals surface area contributed by atoms with E-state index in [2.05, 4.69) is 5.16 Å². The van der Waals surface area contributed by atoms with Crippen LogP contribution in [0.5, 0.6) is 0 Å². The monoisotopic (exact) mass is 458 g/mol. The van der Waals surface area contributed by atoms with Crippen molar-refractivity contribution in [3.8, 4) is 0 Å². The van der Waals surface area contributed by atoms with E-state index in [4.69, 9.17) is 16.4 Å². The zero-order valence-corrected chi connectivity index (χ0v) is 17.5. The number of nitrogens with zero attached hydrogens (tertiary/aromatic N) is 2. The minimum atomic E-state index is -0.776. The molecular formula is C24H18ClF3N2O2. The SMILES string of the molecule is O=C(c1cccc(F)c1)N(Cc1ccc(F)cc1F)CC1CC(c2ccccc2Cl)=NO1. The highest BCUT2D eigenvalue weighted by molar-refractivity contribution is 6.34. The molecule has 32 heavy (non-hydrogen) atoms. The molecule has 1 aliphatic rings. The highest BCUT2D eigenvalue weighted by Crippen LogP contribution is 2.24. The minimum absolute atomic E-state index is 0.0591. The minimum Gasteiger partial charge on any atom is -0.390 e. The predicted octanol–water partition coefficient (Wildman–Crippen LogP) is 5.59. The summed E-state index contributed by atoms with van der Waals surface area (Å²) in [4.78, 5) is 20.0. The van der Waals surface area contributed by atoms with Crippen molar-refractivity contribution in [3.05, 3.63) is 106 Å². The van der Waals surface area contributed by atoms with Gasteiger partial charge in [0, 0.05) is 40.7 Å². The molecule has 0 bridgehead atoms. The van der Waals surface area contributed by atoms with Gasteiger partial charge in [-0.05, 0) is 30.3 Å². The fourth-order valence-corrected chi connectivity index (χ4v) is 3.75. The highest BCUT2D eigenvalue weighted by atomic mass is 35.5. The van der Waals surface area contributed by atoms with E-state index in [9.17, 15) is 18.0 Å². The molecular weight excluding hydrogens is 441 g/mol. The van der Waals surface area contributed by atoms with Crippen molar-refractivity contribution < 1.29 is 22.8 Å². The predicted molar refractivity (Wildman–Crippen MR) is 115 cm³/mol. The molecule has 1 unspecified atom stereocenters. The lowest BCUT2D eigenvalue weighted by Gasteiger charge is -2.25.